The predicted molar refractivity (Wildman–Crippen MR) is 101 cm³/mol. The van der Waals surface area contributed by atoms with Crippen LogP contribution in [0.15, 0.2) is 30.0 Å². The van der Waals surface area contributed by atoms with E-state index in [9.17, 15) is 9.59 Å². The van der Waals surface area contributed by atoms with Crippen LogP contribution in [0.1, 0.15) is 29.0 Å². The predicted octanol–water partition coefficient (Wildman–Crippen LogP) is 1.87. The summed E-state index contributed by atoms with van der Waals surface area (Å²) in [6.45, 7) is 2.36. The highest BCUT2D eigenvalue weighted by atomic mass is 16.5. The zero-order chi connectivity index (χ0) is 19.7. The van der Waals surface area contributed by atoms with Crippen molar-refractivity contribution in [2.24, 2.45) is 0 Å². The maximum Gasteiger partial charge on any atom is 0.337 e. The molecular formula is C20H23N3O5. The molecule has 0 bridgehead atoms. The molecule has 0 spiro atoms. The normalized spacial score (nSPS) is 19.4. The van der Waals surface area contributed by atoms with Crippen molar-refractivity contribution in [3.63, 3.8) is 0 Å². The molecule has 4 rings (SSSR count). The summed E-state index contributed by atoms with van der Waals surface area (Å²) in [5, 5.41) is 0. The van der Waals surface area contributed by atoms with Crippen molar-refractivity contribution < 1.29 is 23.8 Å². The monoisotopic (exact) mass is 385 g/mol. The van der Waals surface area contributed by atoms with Crippen molar-refractivity contribution in [3.05, 3.63) is 41.4 Å². The first-order chi connectivity index (χ1) is 13.6. The number of nitrogens with zero attached hydrogens (tertiary/aromatic N) is 3. The summed E-state index contributed by atoms with van der Waals surface area (Å²) in [4.78, 5) is 30.8. The van der Waals surface area contributed by atoms with Crippen LogP contribution in [0.4, 0.5) is 0 Å². The summed E-state index contributed by atoms with van der Waals surface area (Å²) in [6.07, 6.45) is 3.31. The van der Waals surface area contributed by atoms with E-state index in [1.165, 1.54) is 13.2 Å². The Morgan fingerprint density at radius 3 is 2.82 bits per heavy atom. The Morgan fingerprint density at radius 2 is 2.18 bits per heavy atom. The van der Waals surface area contributed by atoms with Gasteiger partial charge < -0.3 is 23.7 Å². The Balaban J connectivity index is 1.68. The number of fused-ring (bicyclic) bond motifs is 1. The van der Waals surface area contributed by atoms with Gasteiger partial charge >= 0.3 is 5.97 Å². The van der Waals surface area contributed by atoms with E-state index in [0.29, 0.717) is 37.4 Å². The van der Waals surface area contributed by atoms with Crippen molar-refractivity contribution >= 4 is 22.9 Å². The Kier molecular flexibility index (Phi) is 5.04. The lowest BCUT2D eigenvalue weighted by Crippen LogP contribution is -2.36. The quantitative estimate of drug-likeness (QED) is 0.706. The standard InChI is InChI=1S/C20H23N3O5/c1-26-14-5-7-22(19(24)10-14)12-18-21-16-4-3-13(20(25)27-2)9-17(16)23(18)11-15-6-8-28-15/h3-4,9-10,15H,5-8,11-12H2,1-2H3/t15-/m0/s1. The molecule has 2 aliphatic rings. The number of carbonyl (C=O) groups excluding carboxylic acids is 2. The first kappa shape index (κ1) is 18.5. The van der Waals surface area contributed by atoms with E-state index in [-0.39, 0.29) is 18.0 Å². The van der Waals surface area contributed by atoms with Gasteiger partial charge in [0.05, 0.1) is 50.0 Å². The molecule has 28 heavy (non-hydrogen) atoms. The van der Waals surface area contributed by atoms with Crippen LogP contribution < -0.4 is 0 Å². The van der Waals surface area contributed by atoms with Crippen LogP contribution in [0.25, 0.3) is 11.0 Å². The molecule has 1 aromatic carbocycles. The number of amides is 1. The zero-order valence-corrected chi connectivity index (χ0v) is 16.0. The van der Waals surface area contributed by atoms with Gasteiger partial charge in [0.1, 0.15) is 11.6 Å². The summed E-state index contributed by atoms with van der Waals surface area (Å²) >= 11 is 0. The summed E-state index contributed by atoms with van der Waals surface area (Å²) in [5.74, 6) is 0.992. The molecule has 1 atom stereocenters. The molecular weight excluding hydrogens is 362 g/mol. The van der Waals surface area contributed by atoms with Gasteiger partial charge in [0, 0.05) is 25.6 Å². The van der Waals surface area contributed by atoms with Gasteiger partial charge in [-0.15, -0.1) is 0 Å². The average molecular weight is 385 g/mol. The second kappa shape index (κ2) is 7.63. The smallest absolute Gasteiger partial charge is 0.337 e. The number of carbonyl (C=O) groups is 2. The van der Waals surface area contributed by atoms with Crippen molar-refractivity contribution in [3.8, 4) is 0 Å². The maximum atomic E-state index is 12.4. The van der Waals surface area contributed by atoms with Crippen molar-refractivity contribution in [1.29, 1.82) is 0 Å². The molecule has 1 aromatic heterocycles. The molecule has 0 unspecified atom stereocenters. The van der Waals surface area contributed by atoms with Crippen molar-refractivity contribution in [1.82, 2.24) is 14.5 Å². The van der Waals surface area contributed by atoms with Crippen LogP contribution in [0.5, 0.6) is 0 Å². The fourth-order valence-corrected chi connectivity index (χ4v) is 3.52. The fraction of sp³-hybridized carbons (Fsp3) is 0.450. The number of hydrogen-bond acceptors (Lipinski definition) is 6. The van der Waals surface area contributed by atoms with Gasteiger partial charge in [-0.05, 0) is 24.6 Å². The van der Waals surface area contributed by atoms with Gasteiger partial charge in [-0.2, -0.15) is 0 Å². The van der Waals surface area contributed by atoms with Gasteiger partial charge in [-0.25, -0.2) is 9.78 Å². The Bertz CT molecular complexity index is 945. The van der Waals surface area contributed by atoms with Gasteiger partial charge in [-0.3, -0.25) is 4.79 Å². The summed E-state index contributed by atoms with van der Waals surface area (Å²) in [5.41, 5.74) is 2.09. The van der Waals surface area contributed by atoms with E-state index in [1.54, 1.807) is 24.1 Å². The number of ether oxygens (including phenoxy) is 3. The first-order valence-electron chi connectivity index (χ1n) is 9.31. The van der Waals surface area contributed by atoms with Crippen LogP contribution in [0.3, 0.4) is 0 Å². The highest BCUT2D eigenvalue weighted by Gasteiger charge is 2.25. The fourth-order valence-electron chi connectivity index (χ4n) is 3.52. The Labute approximate surface area is 162 Å². The van der Waals surface area contributed by atoms with Crippen LogP contribution in [-0.4, -0.2) is 59.8 Å². The lowest BCUT2D eigenvalue weighted by molar-refractivity contribution is -0.127. The Hall–Kier alpha value is -2.87. The lowest BCUT2D eigenvalue weighted by atomic mass is 10.1. The van der Waals surface area contributed by atoms with E-state index >= 15 is 0 Å². The highest BCUT2D eigenvalue weighted by Crippen LogP contribution is 2.24. The zero-order valence-electron chi connectivity index (χ0n) is 16.0. The minimum absolute atomic E-state index is 0.0862. The molecule has 1 fully saturated rings. The number of imidazole rings is 1. The largest absolute Gasteiger partial charge is 0.501 e. The molecule has 2 aliphatic heterocycles. The minimum atomic E-state index is -0.389. The number of methoxy groups -OCH3 is 2. The van der Waals surface area contributed by atoms with E-state index in [0.717, 1.165) is 29.9 Å². The second-order valence-corrected chi connectivity index (χ2v) is 6.94. The van der Waals surface area contributed by atoms with Crippen LogP contribution in [0, 0.1) is 0 Å². The Morgan fingerprint density at radius 1 is 1.36 bits per heavy atom. The lowest BCUT2D eigenvalue weighted by Gasteiger charge is -2.29. The van der Waals surface area contributed by atoms with Gasteiger partial charge in [0.15, 0.2) is 0 Å². The highest BCUT2D eigenvalue weighted by molar-refractivity contribution is 5.94. The molecule has 0 N–H and O–H groups in total. The molecule has 1 saturated heterocycles. The van der Waals surface area contributed by atoms with Gasteiger partial charge in [0.2, 0.25) is 5.91 Å². The summed E-state index contributed by atoms with van der Waals surface area (Å²) in [7, 11) is 2.94. The molecule has 148 valence electrons. The van der Waals surface area contributed by atoms with Crippen LogP contribution in [0.2, 0.25) is 0 Å². The summed E-state index contributed by atoms with van der Waals surface area (Å²) < 4.78 is 17.7. The van der Waals surface area contributed by atoms with Crippen LogP contribution in [-0.2, 0) is 32.1 Å². The van der Waals surface area contributed by atoms with Crippen molar-refractivity contribution in [2.75, 3.05) is 27.4 Å². The van der Waals surface area contributed by atoms with E-state index in [1.807, 2.05) is 6.07 Å². The maximum absolute atomic E-state index is 12.4. The number of hydrogen-bond donors (Lipinski definition) is 0. The minimum Gasteiger partial charge on any atom is -0.501 e. The SMILES string of the molecule is COC(=O)c1ccc2nc(CN3CCC(OC)=CC3=O)n(C[C@@H]3CCO3)c2c1. The number of rotatable bonds is 6. The van der Waals surface area contributed by atoms with E-state index < -0.39 is 0 Å². The molecule has 0 aliphatic carbocycles. The average Bonchev–Trinajstić information content (AvgIpc) is 3.01. The van der Waals surface area contributed by atoms with Gasteiger partial charge in [-0.1, -0.05) is 0 Å². The third kappa shape index (κ3) is 3.47. The molecule has 0 radical (unpaired) electrons. The molecule has 8 heteroatoms. The number of aromatic nitrogens is 2. The number of esters is 1. The summed E-state index contributed by atoms with van der Waals surface area (Å²) in [6, 6.07) is 5.30. The van der Waals surface area contributed by atoms with Crippen LogP contribution >= 0.6 is 0 Å². The first-order valence-corrected chi connectivity index (χ1v) is 9.31. The molecule has 8 nitrogen and oxygen atoms in total. The number of benzene rings is 1. The second-order valence-electron chi connectivity index (χ2n) is 6.94. The van der Waals surface area contributed by atoms with E-state index in [4.69, 9.17) is 19.2 Å². The molecule has 3 heterocycles. The molecule has 0 saturated carbocycles. The topological polar surface area (TPSA) is 82.9 Å². The molecule has 1 amide bonds. The van der Waals surface area contributed by atoms with E-state index in [2.05, 4.69) is 4.57 Å². The third-order valence-corrected chi connectivity index (χ3v) is 5.25. The van der Waals surface area contributed by atoms with Crippen molar-refractivity contribution in [2.45, 2.75) is 32.0 Å². The molecule has 2 aromatic rings. The third-order valence-electron chi connectivity index (χ3n) is 5.25. The van der Waals surface area contributed by atoms with Gasteiger partial charge in [0.25, 0.3) is 0 Å².